The molecular weight excluding hydrogens is 426 g/mol. The summed E-state index contributed by atoms with van der Waals surface area (Å²) in [5.74, 6) is -0.147. The zero-order chi connectivity index (χ0) is 22.8. The monoisotopic (exact) mass is 449 g/mol. The lowest BCUT2D eigenvalue weighted by atomic mass is 10.1. The van der Waals surface area contributed by atoms with E-state index in [0.717, 1.165) is 11.1 Å². The number of carbonyl (C=O) groups excluding carboxylic acids is 3. The van der Waals surface area contributed by atoms with Crippen molar-refractivity contribution in [3.8, 4) is 11.5 Å². The highest BCUT2D eigenvalue weighted by Gasteiger charge is 2.24. The summed E-state index contributed by atoms with van der Waals surface area (Å²) in [5.41, 5.74) is 1.79. The lowest BCUT2D eigenvalue weighted by Gasteiger charge is -2.27. The number of hydrogen-bond donors (Lipinski definition) is 1. The van der Waals surface area contributed by atoms with E-state index in [1.54, 1.807) is 46.0 Å². The van der Waals surface area contributed by atoms with Gasteiger partial charge in [-0.25, -0.2) is 0 Å². The summed E-state index contributed by atoms with van der Waals surface area (Å²) >= 11 is 0. The Kier molecular flexibility index (Phi) is 5.70. The van der Waals surface area contributed by atoms with Crippen molar-refractivity contribution >= 4 is 28.5 Å². The Morgan fingerprint density at radius 3 is 2.61 bits per heavy atom. The molecule has 2 amide bonds. The molecule has 9 nitrogen and oxygen atoms in total. The number of benzene rings is 2. The lowest BCUT2D eigenvalue weighted by Crippen LogP contribution is -2.42. The van der Waals surface area contributed by atoms with Crippen LogP contribution in [0.5, 0.6) is 11.5 Å². The van der Waals surface area contributed by atoms with E-state index in [1.807, 2.05) is 12.1 Å². The largest absolute Gasteiger partial charge is 0.454 e. The van der Waals surface area contributed by atoms with Crippen LogP contribution >= 0.6 is 0 Å². The van der Waals surface area contributed by atoms with Crippen LogP contribution in [0, 0.1) is 0 Å². The van der Waals surface area contributed by atoms with E-state index in [0.29, 0.717) is 43.2 Å². The van der Waals surface area contributed by atoms with Gasteiger partial charge in [-0.3, -0.25) is 14.4 Å². The Morgan fingerprint density at radius 2 is 1.76 bits per heavy atom. The van der Waals surface area contributed by atoms with E-state index < -0.39 is 11.7 Å². The number of para-hydroxylation sites is 1. The molecule has 0 atom stereocenters. The average Bonchev–Trinajstić information content (AvgIpc) is 3.47. The summed E-state index contributed by atoms with van der Waals surface area (Å²) in [6.45, 7) is 2.57. The molecule has 1 N–H and O–H groups in total. The molecule has 3 heterocycles. The van der Waals surface area contributed by atoms with Crippen molar-refractivity contribution in [1.29, 1.82) is 0 Å². The van der Waals surface area contributed by atoms with Crippen LogP contribution < -0.4 is 14.8 Å². The number of ketones is 1. The maximum absolute atomic E-state index is 13.0. The molecule has 0 spiro atoms. The summed E-state index contributed by atoms with van der Waals surface area (Å²) in [6, 6.07) is 12.6. The summed E-state index contributed by atoms with van der Waals surface area (Å²) in [4.78, 5) is 40.1. The quantitative estimate of drug-likeness (QED) is 0.455. The van der Waals surface area contributed by atoms with Crippen LogP contribution in [0.2, 0.25) is 0 Å². The first-order chi connectivity index (χ1) is 16.1. The highest BCUT2D eigenvalue weighted by Crippen LogP contribution is 2.32. The van der Waals surface area contributed by atoms with Gasteiger partial charge in [0.25, 0.3) is 11.7 Å². The first-order valence-corrected chi connectivity index (χ1v) is 10.7. The molecule has 3 aromatic rings. The second-order valence-corrected chi connectivity index (χ2v) is 7.88. The normalized spacial score (nSPS) is 15.0. The average molecular weight is 449 g/mol. The third-order valence-corrected chi connectivity index (χ3v) is 5.80. The van der Waals surface area contributed by atoms with Crippen LogP contribution in [-0.2, 0) is 27.4 Å². The molecule has 170 valence electrons. The Balaban J connectivity index is 1.31. The van der Waals surface area contributed by atoms with Gasteiger partial charge in [0.15, 0.2) is 11.5 Å². The molecule has 0 saturated carbocycles. The molecule has 9 heteroatoms. The van der Waals surface area contributed by atoms with Gasteiger partial charge in [-0.05, 0) is 23.8 Å². The SMILES string of the molecule is O=C(NCc1ccc2c(c1)OCO2)C(=O)c1cn(CC(=O)N2CCOCC2)c2ccccc12. The second-order valence-electron chi connectivity index (χ2n) is 7.88. The number of ether oxygens (including phenoxy) is 3. The summed E-state index contributed by atoms with van der Waals surface area (Å²) in [6.07, 6.45) is 1.59. The number of hydrogen-bond acceptors (Lipinski definition) is 6. The first-order valence-electron chi connectivity index (χ1n) is 10.7. The number of amides is 2. The van der Waals surface area contributed by atoms with Gasteiger partial charge in [-0.15, -0.1) is 0 Å². The standard InChI is InChI=1S/C24H23N3O6/c28-22(26-7-9-31-10-8-26)14-27-13-18(17-3-1-2-4-19(17)27)23(29)24(30)25-12-16-5-6-20-21(11-16)33-15-32-20/h1-6,11,13H,7-10,12,14-15H2,(H,25,30). The van der Waals surface area contributed by atoms with Gasteiger partial charge < -0.3 is 29.0 Å². The Labute approximate surface area is 189 Å². The van der Waals surface area contributed by atoms with Gasteiger partial charge in [0.2, 0.25) is 12.7 Å². The van der Waals surface area contributed by atoms with E-state index in [9.17, 15) is 14.4 Å². The van der Waals surface area contributed by atoms with Crippen molar-refractivity contribution in [3.05, 3.63) is 59.8 Å². The van der Waals surface area contributed by atoms with Crippen molar-refractivity contribution < 1.29 is 28.6 Å². The molecular formula is C24H23N3O6. The van der Waals surface area contributed by atoms with E-state index in [-0.39, 0.29) is 31.4 Å². The highest BCUT2D eigenvalue weighted by molar-refractivity contribution is 6.45. The predicted molar refractivity (Wildman–Crippen MR) is 118 cm³/mol. The van der Waals surface area contributed by atoms with Crippen molar-refractivity contribution in [3.63, 3.8) is 0 Å². The first kappa shape index (κ1) is 21.0. The van der Waals surface area contributed by atoms with E-state index >= 15 is 0 Å². The minimum Gasteiger partial charge on any atom is -0.454 e. The number of carbonyl (C=O) groups is 3. The Bertz CT molecular complexity index is 1230. The molecule has 2 aliphatic rings. The Hall–Kier alpha value is -3.85. The number of aromatic nitrogens is 1. The van der Waals surface area contributed by atoms with Crippen molar-refractivity contribution in [1.82, 2.24) is 14.8 Å². The van der Waals surface area contributed by atoms with Gasteiger partial charge >= 0.3 is 0 Å². The topological polar surface area (TPSA) is 99.1 Å². The zero-order valence-electron chi connectivity index (χ0n) is 17.9. The number of Topliss-reactive ketones (excluding diaryl/α,β-unsaturated/α-hetero) is 1. The number of nitrogens with one attached hydrogen (secondary N) is 1. The van der Waals surface area contributed by atoms with Crippen LogP contribution in [0.3, 0.4) is 0 Å². The van der Waals surface area contributed by atoms with Gasteiger partial charge in [-0.1, -0.05) is 24.3 Å². The molecule has 0 radical (unpaired) electrons. The molecule has 33 heavy (non-hydrogen) atoms. The van der Waals surface area contributed by atoms with Gasteiger partial charge in [0.05, 0.1) is 18.8 Å². The molecule has 5 rings (SSSR count). The second kappa shape index (κ2) is 8.95. The number of fused-ring (bicyclic) bond motifs is 2. The highest BCUT2D eigenvalue weighted by atomic mass is 16.7. The maximum Gasteiger partial charge on any atom is 0.292 e. The molecule has 1 fully saturated rings. The third-order valence-electron chi connectivity index (χ3n) is 5.80. The van der Waals surface area contributed by atoms with Crippen LogP contribution in [0.15, 0.2) is 48.7 Å². The van der Waals surface area contributed by atoms with Crippen molar-refractivity contribution in [2.24, 2.45) is 0 Å². The van der Waals surface area contributed by atoms with Gasteiger partial charge in [0.1, 0.15) is 6.54 Å². The van der Waals surface area contributed by atoms with Crippen LogP contribution in [0.4, 0.5) is 0 Å². The summed E-state index contributed by atoms with van der Waals surface area (Å²) < 4.78 is 17.7. The fourth-order valence-corrected chi connectivity index (χ4v) is 4.05. The Morgan fingerprint density at radius 1 is 0.970 bits per heavy atom. The zero-order valence-corrected chi connectivity index (χ0v) is 17.9. The van der Waals surface area contributed by atoms with Gasteiger partial charge in [-0.2, -0.15) is 0 Å². The van der Waals surface area contributed by atoms with Gasteiger partial charge in [0, 0.05) is 36.7 Å². The summed E-state index contributed by atoms with van der Waals surface area (Å²) in [5, 5.41) is 3.31. The van der Waals surface area contributed by atoms with Crippen LogP contribution in [0.25, 0.3) is 10.9 Å². The van der Waals surface area contributed by atoms with Crippen LogP contribution in [-0.4, -0.2) is 60.2 Å². The number of morpholine rings is 1. The number of nitrogens with zero attached hydrogens (tertiary/aromatic N) is 2. The lowest BCUT2D eigenvalue weighted by molar-refractivity contribution is -0.135. The minimum absolute atomic E-state index is 0.0506. The van der Waals surface area contributed by atoms with E-state index in [1.165, 1.54) is 0 Å². The molecule has 0 bridgehead atoms. The van der Waals surface area contributed by atoms with Crippen LogP contribution in [0.1, 0.15) is 15.9 Å². The van der Waals surface area contributed by atoms with E-state index in [4.69, 9.17) is 14.2 Å². The fraction of sp³-hybridized carbons (Fsp3) is 0.292. The molecule has 0 aliphatic carbocycles. The van der Waals surface area contributed by atoms with Crippen molar-refractivity contribution in [2.75, 3.05) is 33.1 Å². The molecule has 1 aromatic heterocycles. The molecule has 1 saturated heterocycles. The van der Waals surface area contributed by atoms with E-state index in [2.05, 4.69) is 5.32 Å². The minimum atomic E-state index is -0.713. The molecule has 0 unspecified atom stereocenters. The number of rotatable bonds is 6. The third kappa shape index (κ3) is 4.27. The smallest absolute Gasteiger partial charge is 0.292 e. The van der Waals surface area contributed by atoms with Crippen molar-refractivity contribution in [2.45, 2.75) is 13.1 Å². The summed E-state index contributed by atoms with van der Waals surface area (Å²) in [7, 11) is 0. The fourth-order valence-electron chi connectivity index (χ4n) is 4.05. The predicted octanol–water partition coefficient (Wildman–Crippen LogP) is 1.73. The maximum atomic E-state index is 13.0. The molecule has 2 aromatic carbocycles. The molecule has 2 aliphatic heterocycles.